The van der Waals surface area contributed by atoms with E-state index in [9.17, 15) is 4.79 Å². The summed E-state index contributed by atoms with van der Waals surface area (Å²) in [5.74, 6) is 1.56. The van der Waals surface area contributed by atoms with Gasteiger partial charge in [-0.1, -0.05) is 59.3 Å². The lowest BCUT2D eigenvalue weighted by molar-refractivity contribution is -0.113. The normalized spacial score (nSPS) is 10.9. The minimum Gasteiger partial charge on any atom is -0.485 e. The third kappa shape index (κ3) is 6.05. The fourth-order valence-corrected chi connectivity index (χ4v) is 4.69. The van der Waals surface area contributed by atoms with Crippen LogP contribution in [-0.4, -0.2) is 26.4 Å². The smallest absolute Gasteiger partial charge is 0.234 e. The SMILES string of the molecule is Cc1ccc(-n2c(COc3c(C)cccc3C)nnc2SCC(=O)Nc2ccc(Cl)cc2C)cc1. The average Bonchev–Trinajstić information content (AvgIpc) is 3.22. The molecule has 6 nitrogen and oxygen atoms in total. The summed E-state index contributed by atoms with van der Waals surface area (Å²) in [6.45, 7) is 8.25. The van der Waals surface area contributed by atoms with Crippen LogP contribution >= 0.6 is 23.4 Å². The number of amides is 1. The lowest BCUT2D eigenvalue weighted by Gasteiger charge is -2.14. The number of para-hydroxylation sites is 1. The molecule has 8 heteroatoms. The number of nitrogens with one attached hydrogen (secondary N) is 1. The highest BCUT2D eigenvalue weighted by atomic mass is 35.5. The van der Waals surface area contributed by atoms with Gasteiger partial charge >= 0.3 is 0 Å². The van der Waals surface area contributed by atoms with Crippen LogP contribution in [0.3, 0.4) is 0 Å². The van der Waals surface area contributed by atoms with E-state index in [1.165, 1.54) is 11.8 Å². The molecule has 0 saturated heterocycles. The molecule has 4 rings (SSSR count). The summed E-state index contributed by atoms with van der Waals surface area (Å²) in [5.41, 5.74) is 5.84. The van der Waals surface area contributed by atoms with E-state index in [0.717, 1.165) is 39.4 Å². The van der Waals surface area contributed by atoms with Crippen LogP contribution in [0.15, 0.2) is 65.8 Å². The first kappa shape index (κ1) is 24.8. The van der Waals surface area contributed by atoms with Crippen molar-refractivity contribution in [3.63, 3.8) is 0 Å². The molecule has 0 aliphatic rings. The molecule has 0 aliphatic heterocycles. The predicted molar refractivity (Wildman–Crippen MR) is 142 cm³/mol. The number of benzene rings is 3. The second-order valence-electron chi connectivity index (χ2n) is 8.38. The van der Waals surface area contributed by atoms with E-state index in [-0.39, 0.29) is 18.3 Å². The van der Waals surface area contributed by atoms with Crippen molar-refractivity contribution >= 4 is 35.0 Å². The fraction of sp³-hybridized carbons (Fsp3) is 0.222. The van der Waals surface area contributed by atoms with Gasteiger partial charge in [-0.05, 0) is 74.7 Å². The molecule has 3 aromatic carbocycles. The van der Waals surface area contributed by atoms with Gasteiger partial charge in [0.05, 0.1) is 5.75 Å². The maximum absolute atomic E-state index is 12.7. The molecule has 0 unspecified atom stereocenters. The summed E-state index contributed by atoms with van der Waals surface area (Å²) in [4.78, 5) is 12.7. The van der Waals surface area contributed by atoms with Crippen LogP contribution < -0.4 is 10.1 Å². The lowest BCUT2D eigenvalue weighted by atomic mass is 10.1. The van der Waals surface area contributed by atoms with Crippen LogP contribution in [-0.2, 0) is 11.4 Å². The highest BCUT2D eigenvalue weighted by Gasteiger charge is 2.17. The maximum atomic E-state index is 12.7. The van der Waals surface area contributed by atoms with Crippen LogP contribution in [0.5, 0.6) is 5.75 Å². The lowest BCUT2D eigenvalue weighted by Crippen LogP contribution is -2.15. The summed E-state index contributed by atoms with van der Waals surface area (Å²) in [7, 11) is 0. The van der Waals surface area contributed by atoms with Gasteiger partial charge in [0.2, 0.25) is 5.91 Å². The monoisotopic (exact) mass is 506 g/mol. The molecule has 0 spiro atoms. The van der Waals surface area contributed by atoms with E-state index >= 15 is 0 Å². The van der Waals surface area contributed by atoms with Gasteiger partial charge in [0.1, 0.15) is 12.4 Å². The van der Waals surface area contributed by atoms with E-state index in [4.69, 9.17) is 16.3 Å². The van der Waals surface area contributed by atoms with E-state index in [2.05, 4.69) is 15.5 Å². The van der Waals surface area contributed by atoms with E-state index in [1.54, 1.807) is 12.1 Å². The van der Waals surface area contributed by atoms with Gasteiger partial charge in [0.15, 0.2) is 11.0 Å². The Morgan fingerprint density at radius 1 is 0.971 bits per heavy atom. The van der Waals surface area contributed by atoms with Crippen molar-refractivity contribution in [2.24, 2.45) is 0 Å². The predicted octanol–water partition coefficient (Wildman–Crippen LogP) is 6.46. The standard InChI is InChI=1S/C27H27ClN4O2S/c1-17-8-11-22(12-9-17)32-24(15-34-26-18(2)6-5-7-19(26)3)30-31-27(32)35-16-25(33)29-23-13-10-21(28)14-20(23)4/h5-14H,15-16H2,1-4H3,(H,29,33). The zero-order valence-corrected chi connectivity index (χ0v) is 21.7. The number of aromatic nitrogens is 3. The van der Waals surface area contributed by atoms with Gasteiger partial charge < -0.3 is 10.1 Å². The Morgan fingerprint density at radius 2 is 1.69 bits per heavy atom. The van der Waals surface area contributed by atoms with Crippen molar-refractivity contribution in [1.29, 1.82) is 0 Å². The molecular weight excluding hydrogens is 480 g/mol. The molecule has 0 fully saturated rings. The molecule has 1 amide bonds. The summed E-state index contributed by atoms with van der Waals surface area (Å²) in [6.07, 6.45) is 0. The van der Waals surface area contributed by atoms with Crippen molar-refractivity contribution in [3.8, 4) is 11.4 Å². The summed E-state index contributed by atoms with van der Waals surface area (Å²) in [5, 5.41) is 13.0. The van der Waals surface area contributed by atoms with Crippen LogP contribution in [0.2, 0.25) is 5.02 Å². The third-order valence-electron chi connectivity index (χ3n) is 5.54. The Balaban J connectivity index is 1.54. The minimum atomic E-state index is -0.132. The number of thioether (sulfide) groups is 1. The number of carbonyl (C=O) groups is 1. The first-order valence-corrected chi connectivity index (χ1v) is 12.6. The molecule has 1 N–H and O–H groups in total. The van der Waals surface area contributed by atoms with E-state index in [1.807, 2.05) is 80.8 Å². The van der Waals surface area contributed by atoms with Crippen LogP contribution in [0.25, 0.3) is 5.69 Å². The number of aryl methyl sites for hydroxylation is 4. The highest BCUT2D eigenvalue weighted by Crippen LogP contribution is 2.27. The molecule has 1 heterocycles. The molecular formula is C27H27ClN4O2S. The quantitative estimate of drug-likeness (QED) is 0.277. The number of hydrogen-bond donors (Lipinski definition) is 1. The fourth-order valence-electron chi connectivity index (χ4n) is 3.69. The number of carbonyl (C=O) groups excluding carboxylic acids is 1. The van der Waals surface area contributed by atoms with Gasteiger partial charge in [-0.3, -0.25) is 9.36 Å². The Bertz CT molecular complexity index is 1330. The molecule has 0 aliphatic carbocycles. The largest absolute Gasteiger partial charge is 0.485 e. The summed E-state index contributed by atoms with van der Waals surface area (Å²) < 4.78 is 8.10. The number of hydrogen-bond acceptors (Lipinski definition) is 5. The Hall–Kier alpha value is -3.29. The number of ether oxygens (including phenoxy) is 1. The van der Waals surface area contributed by atoms with Crippen molar-refractivity contribution in [2.75, 3.05) is 11.1 Å². The van der Waals surface area contributed by atoms with Crippen LogP contribution in [0.1, 0.15) is 28.1 Å². The highest BCUT2D eigenvalue weighted by molar-refractivity contribution is 7.99. The molecule has 35 heavy (non-hydrogen) atoms. The second kappa shape index (κ2) is 11.0. The molecule has 0 saturated carbocycles. The number of rotatable bonds is 8. The van der Waals surface area contributed by atoms with Crippen molar-refractivity contribution in [3.05, 3.63) is 93.8 Å². The zero-order chi connectivity index (χ0) is 24.9. The third-order valence-corrected chi connectivity index (χ3v) is 6.71. The molecule has 0 bridgehead atoms. The topological polar surface area (TPSA) is 69.0 Å². The average molecular weight is 507 g/mol. The van der Waals surface area contributed by atoms with E-state index < -0.39 is 0 Å². The zero-order valence-electron chi connectivity index (χ0n) is 20.1. The van der Waals surface area contributed by atoms with Gasteiger partial charge in [-0.2, -0.15) is 0 Å². The second-order valence-corrected chi connectivity index (χ2v) is 9.75. The molecule has 0 atom stereocenters. The minimum absolute atomic E-state index is 0.132. The summed E-state index contributed by atoms with van der Waals surface area (Å²) in [6, 6.07) is 19.5. The molecule has 1 aromatic heterocycles. The van der Waals surface area contributed by atoms with Crippen LogP contribution in [0.4, 0.5) is 5.69 Å². The first-order chi connectivity index (χ1) is 16.8. The molecule has 4 aromatic rings. The van der Waals surface area contributed by atoms with Crippen molar-refractivity contribution in [2.45, 2.75) is 39.5 Å². The Kier molecular flexibility index (Phi) is 7.78. The van der Waals surface area contributed by atoms with Gasteiger partial charge in [-0.25, -0.2) is 0 Å². The van der Waals surface area contributed by atoms with Crippen LogP contribution in [0, 0.1) is 27.7 Å². The Labute approximate surface area is 214 Å². The Morgan fingerprint density at radius 3 is 2.37 bits per heavy atom. The summed E-state index contributed by atoms with van der Waals surface area (Å²) >= 11 is 7.35. The number of halogens is 1. The van der Waals surface area contributed by atoms with Crippen molar-refractivity contribution in [1.82, 2.24) is 14.8 Å². The van der Waals surface area contributed by atoms with E-state index in [0.29, 0.717) is 16.0 Å². The number of nitrogens with zero attached hydrogens (tertiary/aromatic N) is 3. The molecule has 0 radical (unpaired) electrons. The van der Waals surface area contributed by atoms with Gasteiger partial charge in [0, 0.05) is 16.4 Å². The van der Waals surface area contributed by atoms with Gasteiger partial charge in [-0.15, -0.1) is 10.2 Å². The number of anilines is 1. The van der Waals surface area contributed by atoms with Gasteiger partial charge in [0.25, 0.3) is 0 Å². The molecule has 180 valence electrons. The maximum Gasteiger partial charge on any atom is 0.234 e. The van der Waals surface area contributed by atoms with Crippen molar-refractivity contribution < 1.29 is 9.53 Å². The first-order valence-electron chi connectivity index (χ1n) is 11.2.